The van der Waals surface area contributed by atoms with Crippen LogP contribution >= 0.6 is 27.7 Å². The predicted octanol–water partition coefficient (Wildman–Crippen LogP) is 4.28. The van der Waals surface area contributed by atoms with Crippen molar-refractivity contribution in [3.05, 3.63) is 52.6 Å². The number of halogens is 1. The van der Waals surface area contributed by atoms with E-state index in [1.54, 1.807) is 11.8 Å². The number of aromatic nitrogens is 1. The summed E-state index contributed by atoms with van der Waals surface area (Å²) < 4.78 is 1.09. The first-order valence-electron chi connectivity index (χ1n) is 6.31. The monoisotopic (exact) mass is 336 g/mol. The molecule has 0 amide bonds. The lowest BCUT2D eigenvalue weighted by atomic mass is 10.1. The van der Waals surface area contributed by atoms with Gasteiger partial charge in [-0.25, -0.2) is 4.98 Å². The Hall–Kier alpha value is -0.840. The van der Waals surface area contributed by atoms with Gasteiger partial charge in [0.15, 0.2) is 0 Å². The van der Waals surface area contributed by atoms with Crippen molar-refractivity contribution in [1.82, 2.24) is 4.98 Å². The highest BCUT2D eigenvalue weighted by Crippen LogP contribution is 2.28. The van der Waals surface area contributed by atoms with Crippen LogP contribution in [0.3, 0.4) is 0 Å². The topological polar surface area (TPSA) is 38.9 Å². The molecule has 0 radical (unpaired) electrons. The highest BCUT2D eigenvalue weighted by molar-refractivity contribution is 9.10. The highest BCUT2D eigenvalue weighted by atomic mass is 79.9. The third-order valence-corrected chi connectivity index (χ3v) is 4.27. The van der Waals surface area contributed by atoms with Crippen LogP contribution in [-0.2, 0) is 6.42 Å². The van der Waals surface area contributed by atoms with E-state index in [0.717, 1.165) is 22.3 Å². The maximum Gasteiger partial charge on any atom is 0.101 e. The van der Waals surface area contributed by atoms with Gasteiger partial charge in [-0.05, 0) is 42.7 Å². The zero-order valence-electron chi connectivity index (χ0n) is 10.8. The molecule has 2 rings (SSSR count). The molecule has 19 heavy (non-hydrogen) atoms. The Bertz CT molecular complexity index is 528. The van der Waals surface area contributed by atoms with Crippen molar-refractivity contribution >= 4 is 27.7 Å². The number of hydrogen-bond donors (Lipinski definition) is 1. The summed E-state index contributed by atoms with van der Waals surface area (Å²) in [6.45, 7) is 2.11. The van der Waals surface area contributed by atoms with Gasteiger partial charge in [0.1, 0.15) is 5.03 Å². The quantitative estimate of drug-likeness (QED) is 0.885. The van der Waals surface area contributed by atoms with E-state index in [-0.39, 0.29) is 6.04 Å². The highest BCUT2D eigenvalue weighted by Gasteiger charge is 2.03. The predicted molar refractivity (Wildman–Crippen MR) is 84.5 cm³/mol. The van der Waals surface area contributed by atoms with Gasteiger partial charge in [0, 0.05) is 21.6 Å². The van der Waals surface area contributed by atoms with Crippen molar-refractivity contribution in [2.45, 2.75) is 35.7 Å². The lowest BCUT2D eigenvalue weighted by Crippen LogP contribution is -2.21. The van der Waals surface area contributed by atoms with Crippen LogP contribution in [0.1, 0.15) is 18.9 Å². The van der Waals surface area contributed by atoms with Gasteiger partial charge in [-0.2, -0.15) is 0 Å². The van der Waals surface area contributed by atoms with E-state index in [4.69, 9.17) is 5.73 Å². The summed E-state index contributed by atoms with van der Waals surface area (Å²) in [5, 5.41) is 1.01. The molecular weight excluding hydrogens is 320 g/mol. The molecular formula is C15H17BrN2S. The summed E-state index contributed by atoms with van der Waals surface area (Å²) >= 11 is 5.14. The summed E-state index contributed by atoms with van der Waals surface area (Å²) in [6.07, 6.45) is 3.82. The molecule has 1 heterocycles. The molecule has 100 valence electrons. The van der Waals surface area contributed by atoms with Gasteiger partial charge in [0.05, 0.1) is 0 Å². The molecule has 1 aromatic heterocycles. The second kappa shape index (κ2) is 7.08. The number of nitrogens with zero attached hydrogens (tertiary/aromatic N) is 1. The van der Waals surface area contributed by atoms with Gasteiger partial charge in [0.2, 0.25) is 0 Å². The van der Waals surface area contributed by atoms with Crippen molar-refractivity contribution in [2.24, 2.45) is 5.73 Å². The summed E-state index contributed by atoms with van der Waals surface area (Å²) in [5.74, 6) is 0. The Kier molecular flexibility index (Phi) is 5.43. The minimum Gasteiger partial charge on any atom is -0.327 e. The molecule has 1 aromatic carbocycles. The molecule has 0 aliphatic rings. The number of benzene rings is 1. The number of hydrogen-bond acceptors (Lipinski definition) is 3. The van der Waals surface area contributed by atoms with E-state index in [0.29, 0.717) is 0 Å². The SMILES string of the molecule is CCC(N)Cc1ccc(Sc2cccc(Br)c2)nc1. The molecule has 0 saturated heterocycles. The van der Waals surface area contributed by atoms with Crippen LogP contribution in [0.15, 0.2) is 57.0 Å². The van der Waals surface area contributed by atoms with Crippen LogP contribution < -0.4 is 5.73 Å². The second-order valence-corrected chi connectivity index (χ2v) is 6.45. The molecule has 0 fully saturated rings. The van der Waals surface area contributed by atoms with Crippen LogP contribution in [0.25, 0.3) is 0 Å². The van der Waals surface area contributed by atoms with E-state index in [1.165, 1.54) is 10.5 Å². The Morgan fingerprint density at radius 3 is 2.79 bits per heavy atom. The third kappa shape index (κ3) is 4.64. The molecule has 0 spiro atoms. The fraction of sp³-hybridized carbons (Fsp3) is 0.267. The standard InChI is InChI=1S/C15H17BrN2S/c1-2-13(17)8-11-6-7-15(18-10-11)19-14-5-3-4-12(16)9-14/h3-7,9-10,13H,2,8,17H2,1H3. The Labute approximate surface area is 126 Å². The third-order valence-electron chi connectivity index (χ3n) is 2.84. The Morgan fingerprint density at radius 2 is 2.16 bits per heavy atom. The van der Waals surface area contributed by atoms with Crippen molar-refractivity contribution in [3.8, 4) is 0 Å². The van der Waals surface area contributed by atoms with E-state index >= 15 is 0 Å². The average molecular weight is 337 g/mol. The normalized spacial score (nSPS) is 12.4. The zero-order chi connectivity index (χ0) is 13.7. The first-order chi connectivity index (χ1) is 9.17. The van der Waals surface area contributed by atoms with Crippen LogP contribution in [0, 0.1) is 0 Å². The molecule has 0 aliphatic carbocycles. The van der Waals surface area contributed by atoms with Crippen LogP contribution in [0.2, 0.25) is 0 Å². The van der Waals surface area contributed by atoms with E-state index in [1.807, 2.05) is 18.3 Å². The molecule has 0 bridgehead atoms. The van der Waals surface area contributed by atoms with Gasteiger partial charge >= 0.3 is 0 Å². The first-order valence-corrected chi connectivity index (χ1v) is 7.92. The van der Waals surface area contributed by atoms with Gasteiger partial charge in [-0.15, -0.1) is 0 Å². The average Bonchev–Trinajstić information content (AvgIpc) is 2.41. The Morgan fingerprint density at radius 1 is 1.32 bits per heavy atom. The van der Waals surface area contributed by atoms with Crippen molar-refractivity contribution in [1.29, 1.82) is 0 Å². The second-order valence-electron chi connectivity index (χ2n) is 4.44. The van der Waals surface area contributed by atoms with Crippen LogP contribution in [-0.4, -0.2) is 11.0 Å². The number of pyridine rings is 1. The smallest absolute Gasteiger partial charge is 0.101 e. The largest absolute Gasteiger partial charge is 0.327 e. The summed E-state index contributed by atoms with van der Waals surface area (Å²) in [6, 6.07) is 12.6. The molecule has 4 heteroatoms. The molecule has 2 nitrogen and oxygen atoms in total. The van der Waals surface area contributed by atoms with Crippen molar-refractivity contribution in [3.63, 3.8) is 0 Å². The summed E-state index contributed by atoms with van der Waals surface area (Å²) in [5.41, 5.74) is 7.15. The first kappa shape index (κ1) is 14.6. The summed E-state index contributed by atoms with van der Waals surface area (Å²) in [7, 11) is 0. The van der Waals surface area contributed by atoms with Crippen LogP contribution in [0.4, 0.5) is 0 Å². The van der Waals surface area contributed by atoms with Crippen molar-refractivity contribution in [2.75, 3.05) is 0 Å². The molecule has 1 atom stereocenters. The van der Waals surface area contributed by atoms with Crippen molar-refractivity contribution < 1.29 is 0 Å². The van der Waals surface area contributed by atoms with E-state index in [9.17, 15) is 0 Å². The van der Waals surface area contributed by atoms with Crippen LogP contribution in [0.5, 0.6) is 0 Å². The maximum absolute atomic E-state index is 5.95. The van der Waals surface area contributed by atoms with Gasteiger partial charge in [-0.1, -0.05) is 46.7 Å². The number of nitrogens with two attached hydrogens (primary N) is 1. The number of rotatable bonds is 5. The lowest BCUT2D eigenvalue weighted by Gasteiger charge is -2.08. The maximum atomic E-state index is 5.95. The molecule has 1 unspecified atom stereocenters. The van der Waals surface area contributed by atoms with E-state index < -0.39 is 0 Å². The van der Waals surface area contributed by atoms with E-state index in [2.05, 4.69) is 52.1 Å². The fourth-order valence-electron chi connectivity index (χ4n) is 1.69. The fourth-order valence-corrected chi connectivity index (χ4v) is 3.06. The molecule has 2 N–H and O–H groups in total. The Balaban J connectivity index is 2.02. The molecule has 0 saturated carbocycles. The molecule has 0 aliphatic heterocycles. The summed E-state index contributed by atoms with van der Waals surface area (Å²) in [4.78, 5) is 5.66. The minimum absolute atomic E-state index is 0.227. The molecule has 2 aromatic rings. The van der Waals surface area contributed by atoms with Gasteiger partial charge < -0.3 is 5.73 Å². The minimum atomic E-state index is 0.227. The van der Waals surface area contributed by atoms with Gasteiger partial charge in [0.25, 0.3) is 0 Å². The zero-order valence-corrected chi connectivity index (χ0v) is 13.2. The van der Waals surface area contributed by atoms with Gasteiger partial charge in [-0.3, -0.25) is 0 Å². The lowest BCUT2D eigenvalue weighted by molar-refractivity contribution is 0.644.